The number of guanidine groups is 1. The van der Waals surface area contributed by atoms with Crippen molar-refractivity contribution in [3.05, 3.63) is 51.5 Å². The molecule has 0 bridgehead atoms. The quantitative estimate of drug-likeness (QED) is 0.379. The second-order valence-electron chi connectivity index (χ2n) is 5.46. The van der Waals surface area contributed by atoms with Gasteiger partial charge >= 0.3 is 0 Å². The molecule has 0 aliphatic rings. The summed E-state index contributed by atoms with van der Waals surface area (Å²) >= 11 is 1.75. The molecule has 2 rings (SSSR count). The molecule has 1 aromatic carbocycles. The number of hydrogen-bond donors (Lipinski definition) is 2. The lowest BCUT2D eigenvalue weighted by molar-refractivity contribution is 0.782. The lowest BCUT2D eigenvalue weighted by Gasteiger charge is -2.11. The Bertz CT molecular complexity index is 622. The van der Waals surface area contributed by atoms with Crippen molar-refractivity contribution >= 4 is 41.3 Å². The van der Waals surface area contributed by atoms with E-state index in [0.29, 0.717) is 0 Å². The van der Waals surface area contributed by atoms with E-state index in [2.05, 4.69) is 58.7 Å². The first-order valence-corrected chi connectivity index (χ1v) is 8.96. The van der Waals surface area contributed by atoms with Gasteiger partial charge in [-0.3, -0.25) is 4.99 Å². The van der Waals surface area contributed by atoms with Gasteiger partial charge in [0.1, 0.15) is 0 Å². The standard InChI is InChI=1S/C18H26N4S.HI/c1-4-15-5-7-16(8-6-15)9-11-20-18(19-3)21-12-10-17-22-13-14(2)23-17;/h5-8,13H,4,9-12H2,1-3H3,(H2,19,20,21);1H. The van der Waals surface area contributed by atoms with Crippen molar-refractivity contribution in [3.8, 4) is 0 Å². The number of hydrogen-bond acceptors (Lipinski definition) is 3. The maximum Gasteiger partial charge on any atom is 0.191 e. The van der Waals surface area contributed by atoms with E-state index in [0.717, 1.165) is 38.3 Å². The first kappa shape index (κ1) is 20.9. The van der Waals surface area contributed by atoms with Crippen LogP contribution in [0.4, 0.5) is 0 Å². The predicted octanol–water partition coefficient (Wildman–Crippen LogP) is 3.58. The van der Waals surface area contributed by atoms with E-state index >= 15 is 0 Å². The molecule has 0 atom stereocenters. The van der Waals surface area contributed by atoms with E-state index in [1.165, 1.54) is 21.0 Å². The molecule has 132 valence electrons. The Kier molecular flexibility index (Phi) is 9.94. The lowest BCUT2D eigenvalue weighted by atomic mass is 10.1. The summed E-state index contributed by atoms with van der Waals surface area (Å²) in [5.41, 5.74) is 2.74. The first-order valence-electron chi connectivity index (χ1n) is 8.15. The van der Waals surface area contributed by atoms with Gasteiger partial charge in [0, 0.05) is 37.6 Å². The van der Waals surface area contributed by atoms with Crippen LogP contribution in [-0.2, 0) is 19.3 Å². The molecule has 0 amide bonds. The second kappa shape index (κ2) is 11.4. The van der Waals surface area contributed by atoms with Gasteiger partial charge in [0.05, 0.1) is 5.01 Å². The highest BCUT2D eigenvalue weighted by molar-refractivity contribution is 14.0. The van der Waals surface area contributed by atoms with Crippen molar-refractivity contribution in [3.63, 3.8) is 0 Å². The predicted molar refractivity (Wildman–Crippen MR) is 115 cm³/mol. The summed E-state index contributed by atoms with van der Waals surface area (Å²) in [6.07, 6.45) is 4.94. The fourth-order valence-corrected chi connectivity index (χ4v) is 3.08. The molecule has 6 heteroatoms. The second-order valence-corrected chi connectivity index (χ2v) is 6.78. The molecule has 0 aliphatic carbocycles. The minimum absolute atomic E-state index is 0. The van der Waals surface area contributed by atoms with Crippen LogP contribution in [0.5, 0.6) is 0 Å². The third kappa shape index (κ3) is 7.17. The molecule has 0 saturated carbocycles. The van der Waals surface area contributed by atoms with Crippen LogP contribution < -0.4 is 10.6 Å². The third-order valence-corrected chi connectivity index (χ3v) is 4.63. The number of aromatic nitrogens is 1. The van der Waals surface area contributed by atoms with E-state index in [1.54, 1.807) is 18.4 Å². The maximum absolute atomic E-state index is 4.37. The fourth-order valence-electron chi connectivity index (χ4n) is 2.29. The van der Waals surface area contributed by atoms with Crippen molar-refractivity contribution in [2.45, 2.75) is 33.1 Å². The molecule has 0 aliphatic heterocycles. The first-order chi connectivity index (χ1) is 11.2. The summed E-state index contributed by atoms with van der Waals surface area (Å²) in [4.78, 5) is 9.89. The number of halogens is 1. The van der Waals surface area contributed by atoms with Crippen molar-refractivity contribution in [2.75, 3.05) is 20.1 Å². The maximum atomic E-state index is 4.37. The third-order valence-electron chi connectivity index (χ3n) is 3.66. The average molecular weight is 458 g/mol. The minimum Gasteiger partial charge on any atom is -0.356 e. The Morgan fingerprint density at radius 2 is 1.71 bits per heavy atom. The van der Waals surface area contributed by atoms with Gasteiger partial charge in [-0.2, -0.15) is 0 Å². The van der Waals surface area contributed by atoms with Gasteiger partial charge in [-0.25, -0.2) is 4.98 Å². The summed E-state index contributed by atoms with van der Waals surface area (Å²) in [6, 6.07) is 8.83. The van der Waals surface area contributed by atoms with Crippen LogP contribution in [-0.4, -0.2) is 31.1 Å². The zero-order valence-corrected chi connectivity index (χ0v) is 17.8. The molecule has 0 saturated heterocycles. The summed E-state index contributed by atoms with van der Waals surface area (Å²) in [7, 11) is 1.80. The van der Waals surface area contributed by atoms with Crippen molar-refractivity contribution in [1.82, 2.24) is 15.6 Å². The van der Waals surface area contributed by atoms with Gasteiger partial charge in [-0.05, 0) is 30.9 Å². The summed E-state index contributed by atoms with van der Waals surface area (Å²) in [6.45, 7) is 5.99. The number of nitrogens with zero attached hydrogens (tertiary/aromatic N) is 2. The van der Waals surface area contributed by atoms with Crippen LogP contribution in [0.1, 0.15) is 27.9 Å². The fraction of sp³-hybridized carbons (Fsp3) is 0.444. The number of benzene rings is 1. The summed E-state index contributed by atoms with van der Waals surface area (Å²) < 4.78 is 0. The van der Waals surface area contributed by atoms with Gasteiger partial charge in [0.2, 0.25) is 0 Å². The number of rotatable bonds is 7. The molecule has 4 nitrogen and oxygen atoms in total. The Morgan fingerprint density at radius 3 is 2.25 bits per heavy atom. The van der Waals surface area contributed by atoms with Crippen LogP contribution in [0.2, 0.25) is 0 Å². The van der Waals surface area contributed by atoms with Gasteiger partial charge in [-0.1, -0.05) is 31.2 Å². The largest absolute Gasteiger partial charge is 0.356 e. The van der Waals surface area contributed by atoms with Gasteiger partial charge < -0.3 is 10.6 Å². The van der Waals surface area contributed by atoms with E-state index in [4.69, 9.17) is 0 Å². The Balaban J connectivity index is 0.00000288. The molecule has 0 spiro atoms. The highest BCUT2D eigenvalue weighted by Crippen LogP contribution is 2.10. The molecule has 2 N–H and O–H groups in total. The van der Waals surface area contributed by atoms with Crippen LogP contribution in [0.25, 0.3) is 0 Å². The minimum atomic E-state index is 0. The van der Waals surface area contributed by atoms with Crippen LogP contribution in [0, 0.1) is 6.92 Å². The highest BCUT2D eigenvalue weighted by Gasteiger charge is 2.01. The molecule has 0 radical (unpaired) electrons. The Morgan fingerprint density at radius 1 is 1.08 bits per heavy atom. The van der Waals surface area contributed by atoms with Gasteiger partial charge in [-0.15, -0.1) is 35.3 Å². The smallest absolute Gasteiger partial charge is 0.191 e. The van der Waals surface area contributed by atoms with Crippen molar-refractivity contribution < 1.29 is 0 Å². The highest BCUT2D eigenvalue weighted by atomic mass is 127. The van der Waals surface area contributed by atoms with Crippen molar-refractivity contribution in [2.24, 2.45) is 4.99 Å². The van der Waals surface area contributed by atoms with E-state index in [1.807, 2.05) is 6.20 Å². The Hall–Kier alpha value is -1.15. The van der Waals surface area contributed by atoms with E-state index < -0.39 is 0 Å². The molecular weight excluding hydrogens is 431 g/mol. The van der Waals surface area contributed by atoms with E-state index in [9.17, 15) is 0 Å². The zero-order valence-electron chi connectivity index (χ0n) is 14.6. The monoisotopic (exact) mass is 458 g/mol. The zero-order chi connectivity index (χ0) is 16.5. The molecular formula is C18H27IN4S. The van der Waals surface area contributed by atoms with Crippen LogP contribution >= 0.6 is 35.3 Å². The summed E-state index contributed by atoms with van der Waals surface area (Å²) in [5.74, 6) is 0.850. The SMILES string of the molecule is CCc1ccc(CCNC(=NC)NCCc2ncc(C)s2)cc1.I. The molecule has 2 aromatic rings. The molecule has 0 fully saturated rings. The normalized spacial score (nSPS) is 11.0. The van der Waals surface area contributed by atoms with Crippen LogP contribution in [0.15, 0.2) is 35.5 Å². The average Bonchev–Trinajstić information content (AvgIpc) is 2.99. The number of aryl methyl sites for hydroxylation is 2. The lowest BCUT2D eigenvalue weighted by Crippen LogP contribution is -2.39. The summed E-state index contributed by atoms with van der Waals surface area (Å²) in [5, 5.41) is 7.87. The topological polar surface area (TPSA) is 49.3 Å². The Labute approximate surface area is 166 Å². The molecule has 24 heavy (non-hydrogen) atoms. The van der Waals surface area contributed by atoms with Crippen molar-refractivity contribution in [1.29, 1.82) is 0 Å². The molecule has 0 unspecified atom stereocenters. The number of thiazole rings is 1. The van der Waals surface area contributed by atoms with Gasteiger partial charge in [0.25, 0.3) is 0 Å². The molecule has 1 aromatic heterocycles. The van der Waals surface area contributed by atoms with Crippen LogP contribution in [0.3, 0.4) is 0 Å². The number of nitrogens with one attached hydrogen (secondary N) is 2. The van der Waals surface area contributed by atoms with Gasteiger partial charge in [0.15, 0.2) is 5.96 Å². The number of aliphatic imine (C=N–C) groups is 1. The van der Waals surface area contributed by atoms with E-state index in [-0.39, 0.29) is 24.0 Å². The molecule has 1 heterocycles.